The number of benzene rings is 1. The molecule has 114 valence electrons. The van der Waals surface area contributed by atoms with Gasteiger partial charge in [0.1, 0.15) is 5.82 Å². The van der Waals surface area contributed by atoms with E-state index in [9.17, 15) is 14.0 Å². The third kappa shape index (κ3) is 4.85. The minimum absolute atomic E-state index is 0.0419. The fourth-order valence-corrected chi connectivity index (χ4v) is 2.60. The molecule has 0 aromatic heterocycles. The van der Waals surface area contributed by atoms with Crippen LogP contribution in [0.2, 0.25) is 0 Å². The van der Waals surface area contributed by atoms with E-state index in [0.29, 0.717) is 0 Å². The molecule has 1 fully saturated rings. The second-order valence-electron chi connectivity index (χ2n) is 5.42. The van der Waals surface area contributed by atoms with Crippen molar-refractivity contribution in [1.82, 2.24) is 10.6 Å². The molecule has 4 nitrogen and oxygen atoms in total. The first-order valence-corrected chi connectivity index (χ1v) is 7.49. The average Bonchev–Trinajstić information content (AvgIpc) is 2.74. The molecular weight excluding hydrogens is 271 g/mol. The summed E-state index contributed by atoms with van der Waals surface area (Å²) in [5, 5.41) is 5.39. The summed E-state index contributed by atoms with van der Waals surface area (Å²) < 4.78 is 13.4. The van der Waals surface area contributed by atoms with E-state index in [-0.39, 0.29) is 24.1 Å². The second-order valence-corrected chi connectivity index (χ2v) is 5.42. The normalized spacial score (nSPS) is 16.0. The highest BCUT2D eigenvalue weighted by Crippen LogP contribution is 2.16. The van der Waals surface area contributed by atoms with Gasteiger partial charge in [-0.15, -0.1) is 0 Å². The van der Waals surface area contributed by atoms with E-state index in [1.807, 2.05) is 0 Å². The van der Waals surface area contributed by atoms with Gasteiger partial charge in [0.05, 0.1) is 12.1 Å². The summed E-state index contributed by atoms with van der Waals surface area (Å²) in [6.45, 7) is -0.121. The van der Waals surface area contributed by atoms with Gasteiger partial charge in [-0.3, -0.25) is 9.59 Å². The summed E-state index contributed by atoms with van der Waals surface area (Å²) in [6.07, 6.45) is 6.69. The fourth-order valence-electron chi connectivity index (χ4n) is 2.60. The Morgan fingerprint density at radius 1 is 1.10 bits per heavy atom. The van der Waals surface area contributed by atoms with Gasteiger partial charge in [0.15, 0.2) is 0 Å². The van der Waals surface area contributed by atoms with E-state index in [4.69, 9.17) is 0 Å². The maximum absolute atomic E-state index is 13.4. The highest BCUT2D eigenvalue weighted by Gasteiger charge is 2.16. The van der Waals surface area contributed by atoms with Crippen LogP contribution in [0.15, 0.2) is 24.3 Å². The second kappa shape index (κ2) is 7.76. The summed E-state index contributed by atoms with van der Waals surface area (Å²) in [6, 6.07) is 5.92. The molecule has 1 aliphatic carbocycles. The van der Waals surface area contributed by atoms with Gasteiger partial charge in [0, 0.05) is 6.04 Å². The summed E-state index contributed by atoms with van der Waals surface area (Å²) in [4.78, 5) is 23.6. The number of rotatable bonds is 4. The molecule has 0 atom stereocenters. The Morgan fingerprint density at radius 3 is 2.43 bits per heavy atom. The van der Waals surface area contributed by atoms with Gasteiger partial charge in [-0.05, 0) is 25.0 Å². The van der Waals surface area contributed by atoms with Crippen molar-refractivity contribution in [2.75, 3.05) is 6.54 Å². The minimum atomic E-state index is -0.584. The van der Waals surface area contributed by atoms with Crippen molar-refractivity contribution in [3.63, 3.8) is 0 Å². The van der Waals surface area contributed by atoms with Crippen molar-refractivity contribution in [1.29, 1.82) is 0 Å². The van der Waals surface area contributed by atoms with E-state index >= 15 is 0 Å². The van der Waals surface area contributed by atoms with Crippen molar-refractivity contribution >= 4 is 11.8 Å². The molecule has 0 aliphatic heterocycles. The Morgan fingerprint density at radius 2 is 1.76 bits per heavy atom. The van der Waals surface area contributed by atoms with Crippen molar-refractivity contribution in [2.24, 2.45) is 0 Å². The van der Waals surface area contributed by atoms with Crippen LogP contribution in [0.3, 0.4) is 0 Å². The van der Waals surface area contributed by atoms with E-state index in [2.05, 4.69) is 10.6 Å². The molecule has 0 saturated heterocycles. The summed E-state index contributed by atoms with van der Waals surface area (Å²) in [5.41, 5.74) is -0.0419. The maximum Gasteiger partial charge on any atom is 0.254 e. The Hall–Kier alpha value is -1.91. The van der Waals surface area contributed by atoms with Crippen molar-refractivity contribution in [2.45, 2.75) is 44.6 Å². The standard InChI is InChI=1S/C16H21FN2O2/c17-14-10-6-5-9-13(14)16(21)18-11-15(20)19-12-7-3-1-2-4-8-12/h5-6,9-10,12H,1-4,7-8,11H2,(H,18,21)(H,19,20). The minimum Gasteiger partial charge on any atom is -0.352 e. The van der Waals surface area contributed by atoms with Gasteiger partial charge in [-0.25, -0.2) is 4.39 Å². The Labute approximate surface area is 124 Å². The molecule has 1 aromatic rings. The molecule has 2 amide bonds. The molecule has 0 heterocycles. The van der Waals surface area contributed by atoms with Crippen LogP contribution in [0.25, 0.3) is 0 Å². The van der Waals surface area contributed by atoms with Gasteiger partial charge in [-0.2, -0.15) is 0 Å². The van der Waals surface area contributed by atoms with E-state index < -0.39 is 11.7 Å². The predicted molar refractivity (Wildman–Crippen MR) is 78.4 cm³/mol. The first-order valence-electron chi connectivity index (χ1n) is 7.49. The lowest BCUT2D eigenvalue weighted by Crippen LogP contribution is -2.42. The molecular formula is C16H21FN2O2. The molecule has 21 heavy (non-hydrogen) atoms. The molecule has 5 heteroatoms. The predicted octanol–water partition coefficient (Wildman–Crippen LogP) is 2.39. The van der Waals surface area contributed by atoms with Crippen LogP contribution in [0.5, 0.6) is 0 Å². The highest BCUT2D eigenvalue weighted by molar-refractivity contribution is 5.96. The molecule has 1 aromatic carbocycles. The van der Waals surface area contributed by atoms with Gasteiger partial charge >= 0.3 is 0 Å². The SMILES string of the molecule is O=C(CNC(=O)c1ccccc1F)NC1CCCCCC1. The molecule has 0 spiro atoms. The zero-order valence-corrected chi connectivity index (χ0v) is 12.0. The first kappa shape index (κ1) is 15.5. The van der Waals surface area contributed by atoms with Gasteiger partial charge < -0.3 is 10.6 Å². The van der Waals surface area contributed by atoms with E-state index in [1.54, 1.807) is 6.07 Å². The van der Waals surface area contributed by atoms with Crippen LogP contribution in [-0.4, -0.2) is 24.4 Å². The largest absolute Gasteiger partial charge is 0.352 e. The summed E-state index contributed by atoms with van der Waals surface area (Å²) in [5.74, 6) is -1.37. The molecule has 2 rings (SSSR count). The number of nitrogens with one attached hydrogen (secondary N) is 2. The van der Waals surface area contributed by atoms with Crippen LogP contribution in [0, 0.1) is 5.82 Å². The van der Waals surface area contributed by atoms with Crippen molar-refractivity contribution in [3.05, 3.63) is 35.6 Å². The highest BCUT2D eigenvalue weighted by atomic mass is 19.1. The molecule has 0 unspecified atom stereocenters. The van der Waals surface area contributed by atoms with Crippen molar-refractivity contribution in [3.8, 4) is 0 Å². The van der Waals surface area contributed by atoms with E-state index in [1.165, 1.54) is 31.0 Å². The molecule has 0 bridgehead atoms. The third-order valence-corrected chi connectivity index (χ3v) is 3.75. The van der Waals surface area contributed by atoms with Crippen LogP contribution in [0.4, 0.5) is 4.39 Å². The lowest BCUT2D eigenvalue weighted by molar-refractivity contribution is -0.120. The Kier molecular flexibility index (Phi) is 5.72. The Balaban J connectivity index is 1.78. The zero-order chi connectivity index (χ0) is 15.1. The number of carbonyl (C=O) groups is 2. The van der Waals surface area contributed by atoms with Crippen LogP contribution in [0.1, 0.15) is 48.9 Å². The zero-order valence-electron chi connectivity index (χ0n) is 12.0. The maximum atomic E-state index is 13.4. The average molecular weight is 292 g/mol. The third-order valence-electron chi connectivity index (χ3n) is 3.75. The van der Waals surface area contributed by atoms with Crippen LogP contribution >= 0.6 is 0 Å². The number of carbonyl (C=O) groups excluding carboxylic acids is 2. The van der Waals surface area contributed by atoms with Gasteiger partial charge in [0.25, 0.3) is 5.91 Å². The van der Waals surface area contributed by atoms with Crippen LogP contribution in [-0.2, 0) is 4.79 Å². The lowest BCUT2D eigenvalue weighted by atomic mass is 10.1. The Bertz CT molecular complexity index is 497. The van der Waals surface area contributed by atoms with E-state index in [0.717, 1.165) is 25.7 Å². The topological polar surface area (TPSA) is 58.2 Å². The molecule has 1 saturated carbocycles. The van der Waals surface area contributed by atoms with Gasteiger partial charge in [0.2, 0.25) is 5.91 Å². The number of hydrogen-bond donors (Lipinski definition) is 2. The first-order chi connectivity index (χ1) is 10.2. The molecule has 0 radical (unpaired) electrons. The quantitative estimate of drug-likeness (QED) is 0.837. The monoisotopic (exact) mass is 292 g/mol. The smallest absolute Gasteiger partial charge is 0.254 e. The summed E-state index contributed by atoms with van der Waals surface area (Å²) in [7, 11) is 0. The lowest BCUT2D eigenvalue weighted by Gasteiger charge is -2.16. The summed E-state index contributed by atoms with van der Waals surface area (Å²) >= 11 is 0. The van der Waals surface area contributed by atoms with Crippen molar-refractivity contribution < 1.29 is 14.0 Å². The number of amides is 2. The molecule has 2 N–H and O–H groups in total. The number of halogens is 1. The molecule has 1 aliphatic rings. The number of hydrogen-bond acceptors (Lipinski definition) is 2. The van der Waals surface area contributed by atoms with Crippen LogP contribution < -0.4 is 10.6 Å². The fraction of sp³-hybridized carbons (Fsp3) is 0.500. The van der Waals surface area contributed by atoms with Gasteiger partial charge in [-0.1, -0.05) is 37.8 Å².